The topological polar surface area (TPSA) is 21.3 Å². The Morgan fingerprint density at radius 3 is 2.48 bits per heavy atom. The Balaban J connectivity index is 1.99. The number of benzene rings is 2. The summed E-state index contributed by atoms with van der Waals surface area (Å²) >= 11 is 0. The number of hydrogen-bond donors (Lipinski definition) is 1. The highest BCUT2D eigenvalue weighted by Gasteiger charge is 2.15. The van der Waals surface area contributed by atoms with Gasteiger partial charge in [0.25, 0.3) is 0 Å². The van der Waals surface area contributed by atoms with E-state index in [0.29, 0.717) is 29.8 Å². The van der Waals surface area contributed by atoms with Crippen LogP contribution in [0.3, 0.4) is 0 Å². The summed E-state index contributed by atoms with van der Waals surface area (Å²) in [5.41, 5.74) is 1.14. The van der Waals surface area contributed by atoms with Crippen LogP contribution in [0.15, 0.2) is 42.5 Å². The Morgan fingerprint density at radius 1 is 1.05 bits per heavy atom. The Kier molecular flexibility index (Phi) is 5.28. The van der Waals surface area contributed by atoms with E-state index >= 15 is 0 Å². The zero-order chi connectivity index (χ0) is 15.2. The van der Waals surface area contributed by atoms with Gasteiger partial charge in [-0.25, -0.2) is 8.78 Å². The van der Waals surface area contributed by atoms with E-state index in [1.165, 1.54) is 19.2 Å². The van der Waals surface area contributed by atoms with Crippen molar-refractivity contribution in [1.29, 1.82) is 0 Å². The lowest BCUT2D eigenvalue weighted by molar-refractivity contribution is 0.394. The monoisotopic (exact) mass is 291 g/mol. The van der Waals surface area contributed by atoms with Crippen LogP contribution in [0, 0.1) is 11.6 Å². The number of nitrogens with one attached hydrogen (secondary N) is 1. The van der Waals surface area contributed by atoms with E-state index in [2.05, 4.69) is 5.32 Å². The van der Waals surface area contributed by atoms with Crippen LogP contribution in [-0.4, -0.2) is 13.7 Å². The van der Waals surface area contributed by atoms with Gasteiger partial charge in [-0.05, 0) is 43.7 Å². The summed E-state index contributed by atoms with van der Waals surface area (Å²) in [6, 6.07) is 11.2. The van der Waals surface area contributed by atoms with Crippen molar-refractivity contribution >= 4 is 0 Å². The van der Waals surface area contributed by atoms with Crippen molar-refractivity contribution in [3.05, 3.63) is 65.2 Å². The number of methoxy groups -OCH3 is 1. The van der Waals surface area contributed by atoms with Gasteiger partial charge < -0.3 is 10.1 Å². The van der Waals surface area contributed by atoms with Crippen LogP contribution in [0.2, 0.25) is 0 Å². The largest absolute Gasteiger partial charge is 0.496 e. The molecular weight excluding hydrogens is 272 g/mol. The highest BCUT2D eigenvalue weighted by Crippen LogP contribution is 2.27. The molecule has 0 spiro atoms. The Morgan fingerprint density at radius 2 is 1.76 bits per heavy atom. The predicted molar refractivity (Wildman–Crippen MR) is 79.5 cm³/mol. The zero-order valence-corrected chi connectivity index (χ0v) is 12.2. The highest BCUT2D eigenvalue weighted by atomic mass is 19.1. The first-order valence-corrected chi connectivity index (χ1v) is 6.92. The van der Waals surface area contributed by atoms with Gasteiger partial charge in [0, 0.05) is 11.6 Å². The first-order chi connectivity index (χ1) is 10.1. The average molecular weight is 291 g/mol. The number of ether oxygens (including phenoxy) is 1. The number of halogens is 2. The molecule has 0 amide bonds. The molecule has 0 fully saturated rings. The molecule has 0 aliphatic heterocycles. The minimum Gasteiger partial charge on any atom is -0.496 e. The van der Waals surface area contributed by atoms with Gasteiger partial charge >= 0.3 is 0 Å². The molecule has 0 radical (unpaired) electrons. The Bertz CT molecular complexity index is 601. The van der Waals surface area contributed by atoms with Gasteiger partial charge in [0.15, 0.2) is 0 Å². The Hall–Kier alpha value is -1.94. The molecule has 0 bridgehead atoms. The second-order valence-electron chi connectivity index (χ2n) is 4.87. The molecule has 4 heteroatoms. The molecular formula is C17H19F2NO. The van der Waals surface area contributed by atoms with Gasteiger partial charge in [-0.15, -0.1) is 0 Å². The standard InChI is InChI=1S/C17H19F2NO/c1-12(17-15(19)8-5-9-16(17)21-2)20-11-10-13-6-3-4-7-14(13)18/h3-9,12,20H,10-11H2,1-2H3. The van der Waals surface area contributed by atoms with E-state index in [1.54, 1.807) is 24.3 Å². The number of rotatable bonds is 6. The molecule has 0 aliphatic carbocycles. The summed E-state index contributed by atoms with van der Waals surface area (Å²) in [7, 11) is 1.52. The number of hydrogen-bond acceptors (Lipinski definition) is 2. The molecule has 0 heterocycles. The molecule has 21 heavy (non-hydrogen) atoms. The van der Waals surface area contributed by atoms with E-state index in [0.717, 1.165) is 0 Å². The van der Waals surface area contributed by atoms with Crippen molar-refractivity contribution in [2.45, 2.75) is 19.4 Å². The van der Waals surface area contributed by atoms with Crippen LogP contribution < -0.4 is 10.1 Å². The molecule has 2 aromatic rings. The fourth-order valence-electron chi connectivity index (χ4n) is 2.34. The summed E-state index contributed by atoms with van der Waals surface area (Å²) in [6.07, 6.45) is 0.549. The van der Waals surface area contributed by atoms with Gasteiger partial charge in [0.1, 0.15) is 17.4 Å². The molecule has 112 valence electrons. The molecule has 1 unspecified atom stereocenters. The van der Waals surface area contributed by atoms with Crippen LogP contribution in [0.4, 0.5) is 8.78 Å². The fraction of sp³-hybridized carbons (Fsp3) is 0.294. The van der Waals surface area contributed by atoms with Crippen molar-refractivity contribution in [3.8, 4) is 5.75 Å². The molecule has 1 atom stereocenters. The zero-order valence-electron chi connectivity index (χ0n) is 12.2. The molecule has 0 aromatic heterocycles. The third-order valence-corrected chi connectivity index (χ3v) is 3.47. The lowest BCUT2D eigenvalue weighted by Crippen LogP contribution is -2.23. The maximum absolute atomic E-state index is 13.9. The van der Waals surface area contributed by atoms with Crippen LogP contribution >= 0.6 is 0 Å². The summed E-state index contributed by atoms with van der Waals surface area (Å²) in [5, 5.41) is 3.20. The molecule has 2 rings (SSSR count). The first-order valence-electron chi connectivity index (χ1n) is 6.92. The van der Waals surface area contributed by atoms with Crippen LogP contribution in [0.5, 0.6) is 5.75 Å². The lowest BCUT2D eigenvalue weighted by atomic mass is 10.1. The van der Waals surface area contributed by atoms with Crippen molar-refractivity contribution in [2.24, 2.45) is 0 Å². The average Bonchev–Trinajstić information content (AvgIpc) is 2.48. The Labute approximate surface area is 123 Å². The van der Waals surface area contributed by atoms with E-state index in [9.17, 15) is 8.78 Å². The molecule has 0 aliphatic rings. The lowest BCUT2D eigenvalue weighted by Gasteiger charge is -2.18. The quantitative estimate of drug-likeness (QED) is 0.872. The SMILES string of the molecule is COc1cccc(F)c1C(C)NCCc1ccccc1F. The molecule has 1 N–H and O–H groups in total. The molecule has 2 aromatic carbocycles. The third kappa shape index (κ3) is 3.79. The van der Waals surface area contributed by atoms with E-state index in [-0.39, 0.29) is 17.7 Å². The molecule has 0 saturated carbocycles. The summed E-state index contributed by atoms with van der Waals surface area (Å²) in [6.45, 7) is 2.42. The maximum Gasteiger partial charge on any atom is 0.131 e. The van der Waals surface area contributed by atoms with E-state index < -0.39 is 0 Å². The maximum atomic E-state index is 13.9. The smallest absolute Gasteiger partial charge is 0.131 e. The van der Waals surface area contributed by atoms with E-state index in [1.807, 2.05) is 13.0 Å². The third-order valence-electron chi connectivity index (χ3n) is 3.47. The second-order valence-corrected chi connectivity index (χ2v) is 4.87. The predicted octanol–water partition coefficient (Wildman–Crippen LogP) is 3.87. The normalized spacial score (nSPS) is 12.2. The van der Waals surface area contributed by atoms with Crippen LogP contribution in [-0.2, 0) is 6.42 Å². The summed E-state index contributed by atoms with van der Waals surface area (Å²) < 4.78 is 32.6. The fourth-order valence-corrected chi connectivity index (χ4v) is 2.34. The van der Waals surface area contributed by atoms with Crippen molar-refractivity contribution in [3.63, 3.8) is 0 Å². The summed E-state index contributed by atoms with van der Waals surface area (Å²) in [5.74, 6) is -0.00319. The molecule has 0 saturated heterocycles. The minimum atomic E-state index is -0.305. The van der Waals surface area contributed by atoms with Crippen molar-refractivity contribution in [2.75, 3.05) is 13.7 Å². The first kappa shape index (κ1) is 15.4. The highest BCUT2D eigenvalue weighted by molar-refractivity contribution is 5.36. The van der Waals surface area contributed by atoms with Gasteiger partial charge in [0.05, 0.1) is 7.11 Å². The van der Waals surface area contributed by atoms with E-state index in [4.69, 9.17) is 4.74 Å². The van der Waals surface area contributed by atoms with Gasteiger partial charge in [-0.2, -0.15) is 0 Å². The van der Waals surface area contributed by atoms with Gasteiger partial charge in [-0.3, -0.25) is 0 Å². The van der Waals surface area contributed by atoms with Crippen molar-refractivity contribution in [1.82, 2.24) is 5.32 Å². The second kappa shape index (κ2) is 7.18. The van der Waals surface area contributed by atoms with Crippen LogP contribution in [0.1, 0.15) is 24.1 Å². The minimum absolute atomic E-state index is 0.213. The molecule has 2 nitrogen and oxygen atoms in total. The van der Waals surface area contributed by atoms with Crippen LogP contribution in [0.25, 0.3) is 0 Å². The summed E-state index contributed by atoms with van der Waals surface area (Å²) in [4.78, 5) is 0. The van der Waals surface area contributed by atoms with Gasteiger partial charge in [-0.1, -0.05) is 24.3 Å². The van der Waals surface area contributed by atoms with Gasteiger partial charge in [0.2, 0.25) is 0 Å². The van der Waals surface area contributed by atoms with Crippen molar-refractivity contribution < 1.29 is 13.5 Å².